The van der Waals surface area contributed by atoms with E-state index < -0.39 is 47.7 Å². The third-order valence-electron chi connectivity index (χ3n) is 9.77. The number of carbonyl (C=O) groups excluding carboxylic acids is 2. The van der Waals surface area contributed by atoms with Crippen molar-refractivity contribution in [1.82, 2.24) is 15.1 Å². The molecular formula is C39H41F4N3O6. The number of halogens is 4. The first kappa shape index (κ1) is 37.0. The minimum absolute atomic E-state index is 0.0324. The highest BCUT2D eigenvalue weighted by atomic mass is 19.2. The number of aryl methyl sites for hydroxylation is 1. The summed E-state index contributed by atoms with van der Waals surface area (Å²) in [4.78, 5) is 42.3. The van der Waals surface area contributed by atoms with Gasteiger partial charge in [0.2, 0.25) is 11.7 Å². The average Bonchev–Trinajstić information content (AvgIpc) is 3.95. The molecule has 1 aliphatic carbocycles. The SMILES string of the molecule is O=C(O)C[C@H](O)CC(=O)N1C[C@H]2CC(c3ccc(CCCOc4c(F)ccc(F)c4F)cc3)=C(C(=O)N(CCc3ccc(F)cc3)C3CC3)[C@@H](C1)N2. The molecule has 276 valence electrons. The number of carbonyl (C=O) groups is 3. The summed E-state index contributed by atoms with van der Waals surface area (Å²) < 4.78 is 60.2. The molecule has 0 radical (unpaired) electrons. The van der Waals surface area contributed by atoms with E-state index in [4.69, 9.17) is 9.84 Å². The standard InChI is InChI=1S/C39H41F4N3O6/c40-26-9-5-24(6-10-26)15-16-46(28-11-12-28)39(51)36-30(18-27-21-45(22-33(36)44-27)34(48)19-29(47)20-35(49)50)25-7-3-23(4-8-25)2-1-17-52-38-32(42)14-13-31(41)37(38)43/h3-10,13-14,27-29,33,44,47H,1-2,11-12,15-22H2,(H,49,50)/t27-,29-,33-/m1/s1. The Kier molecular flexibility index (Phi) is 11.6. The largest absolute Gasteiger partial charge is 0.488 e. The molecule has 1 saturated carbocycles. The van der Waals surface area contributed by atoms with Gasteiger partial charge in [0, 0.05) is 37.3 Å². The van der Waals surface area contributed by atoms with Crippen LogP contribution < -0.4 is 10.1 Å². The van der Waals surface area contributed by atoms with Crippen molar-refractivity contribution < 1.29 is 46.9 Å². The maximum absolute atomic E-state index is 14.6. The summed E-state index contributed by atoms with van der Waals surface area (Å²) in [5.74, 6) is -6.35. The van der Waals surface area contributed by atoms with E-state index in [0.717, 1.165) is 41.2 Å². The lowest BCUT2D eigenvalue weighted by Gasteiger charge is -2.45. The second-order valence-electron chi connectivity index (χ2n) is 13.7. The number of amides is 2. The van der Waals surface area contributed by atoms with Crippen LogP contribution in [0.1, 0.15) is 55.2 Å². The van der Waals surface area contributed by atoms with Crippen molar-refractivity contribution in [2.45, 2.75) is 75.6 Å². The van der Waals surface area contributed by atoms with Gasteiger partial charge in [-0.15, -0.1) is 0 Å². The maximum atomic E-state index is 14.6. The van der Waals surface area contributed by atoms with Gasteiger partial charge in [0.15, 0.2) is 17.4 Å². The third kappa shape index (κ3) is 8.99. The number of aliphatic hydroxyl groups excluding tert-OH is 1. The summed E-state index contributed by atoms with van der Waals surface area (Å²) in [6.07, 6.45) is 1.42. The molecule has 0 spiro atoms. The van der Waals surface area contributed by atoms with E-state index in [2.05, 4.69) is 5.32 Å². The van der Waals surface area contributed by atoms with Crippen molar-refractivity contribution in [3.8, 4) is 5.75 Å². The lowest BCUT2D eigenvalue weighted by molar-refractivity contribution is -0.141. The number of ether oxygens (including phenoxy) is 1. The van der Waals surface area contributed by atoms with Crippen LogP contribution in [-0.4, -0.2) is 88.3 Å². The molecule has 3 atom stereocenters. The molecule has 13 heteroatoms. The number of hydrogen-bond acceptors (Lipinski definition) is 6. The van der Waals surface area contributed by atoms with Gasteiger partial charge in [0.25, 0.3) is 5.91 Å². The molecule has 9 nitrogen and oxygen atoms in total. The van der Waals surface area contributed by atoms with E-state index in [1.54, 1.807) is 17.0 Å². The fourth-order valence-corrected chi connectivity index (χ4v) is 7.03. The van der Waals surface area contributed by atoms with Crippen LogP contribution in [0.15, 0.2) is 66.2 Å². The van der Waals surface area contributed by atoms with E-state index in [0.29, 0.717) is 50.4 Å². The fourth-order valence-electron chi connectivity index (χ4n) is 7.03. The van der Waals surface area contributed by atoms with Crippen molar-refractivity contribution >= 4 is 23.4 Å². The number of fused-ring (bicyclic) bond motifs is 2. The Morgan fingerprint density at radius 3 is 2.25 bits per heavy atom. The number of nitrogens with one attached hydrogen (secondary N) is 1. The van der Waals surface area contributed by atoms with Gasteiger partial charge in [-0.05, 0) is 85.1 Å². The fraction of sp³-hybridized carbons (Fsp3) is 0.410. The lowest BCUT2D eigenvalue weighted by Crippen LogP contribution is -2.62. The first-order valence-electron chi connectivity index (χ1n) is 17.5. The van der Waals surface area contributed by atoms with E-state index >= 15 is 0 Å². The van der Waals surface area contributed by atoms with Crippen LogP contribution >= 0.6 is 0 Å². The van der Waals surface area contributed by atoms with Gasteiger partial charge < -0.3 is 30.1 Å². The highest BCUT2D eigenvalue weighted by Gasteiger charge is 2.43. The molecule has 3 aliphatic rings. The summed E-state index contributed by atoms with van der Waals surface area (Å²) in [6.45, 7) is 0.883. The Morgan fingerprint density at radius 2 is 1.56 bits per heavy atom. The quantitative estimate of drug-likeness (QED) is 0.114. The number of piperazine rings is 1. The molecule has 0 unspecified atom stereocenters. The zero-order valence-electron chi connectivity index (χ0n) is 28.5. The summed E-state index contributed by atoms with van der Waals surface area (Å²) in [5.41, 5.74) is 4.07. The zero-order chi connectivity index (χ0) is 36.9. The van der Waals surface area contributed by atoms with Gasteiger partial charge in [0.05, 0.1) is 31.6 Å². The minimum atomic E-state index is -1.37. The van der Waals surface area contributed by atoms with Crippen LogP contribution in [0.25, 0.3) is 5.57 Å². The molecule has 2 aliphatic heterocycles. The van der Waals surface area contributed by atoms with Gasteiger partial charge in [-0.25, -0.2) is 13.2 Å². The summed E-state index contributed by atoms with van der Waals surface area (Å²) >= 11 is 0. The molecule has 2 heterocycles. The van der Waals surface area contributed by atoms with Gasteiger partial charge in [-0.1, -0.05) is 36.4 Å². The first-order chi connectivity index (χ1) is 25.0. The number of aliphatic carboxylic acids is 1. The second-order valence-corrected chi connectivity index (χ2v) is 13.7. The highest BCUT2D eigenvalue weighted by molar-refractivity contribution is 6.03. The molecule has 3 aromatic rings. The number of carboxylic acids is 1. The normalized spacial score (nSPS) is 19.0. The van der Waals surface area contributed by atoms with Gasteiger partial charge >= 0.3 is 5.97 Å². The molecule has 3 N–H and O–H groups in total. The minimum Gasteiger partial charge on any atom is -0.488 e. The second kappa shape index (κ2) is 16.3. The van der Waals surface area contributed by atoms with Gasteiger partial charge in [-0.2, -0.15) is 4.39 Å². The Bertz CT molecular complexity index is 1820. The van der Waals surface area contributed by atoms with Gasteiger partial charge in [0.1, 0.15) is 5.82 Å². The van der Waals surface area contributed by atoms with Crippen LogP contribution in [-0.2, 0) is 27.2 Å². The molecule has 0 aromatic heterocycles. The molecule has 2 fully saturated rings. The zero-order valence-corrected chi connectivity index (χ0v) is 28.5. The van der Waals surface area contributed by atoms with Crippen LogP contribution in [0.4, 0.5) is 17.6 Å². The molecule has 2 amide bonds. The van der Waals surface area contributed by atoms with E-state index in [9.17, 15) is 37.1 Å². The molecule has 6 rings (SSSR count). The number of carboxylic acid groups (broad SMARTS) is 1. The predicted molar refractivity (Wildman–Crippen MR) is 183 cm³/mol. The molecule has 2 bridgehead atoms. The number of rotatable bonds is 15. The smallest absolute Gasteiger partial charge is 0.305 e. The van der Waals surface area contributed by atoms with Crippen LogP contribution in [0.2, 0.25) is 0 Å². The first-order valence-corrected chi connectivity index (χ1v) is 17.5. The van der Waals surface area contributed by atoms with Crippen molar-refractivity contribution in [2.24, 2.45) is 0 Å². The molecule has 3 aromatic carbocycles. The van der Waals surface area contributed by atoms with E-state index in [-0.39, 0.29) is 49.3 Å². The predicted octanol–water partition coefficient (Wildman–Crippen LogP) is 5.04. The number of benzene rings is 3. The van der Waals surface area contributed by atoms with Crippen molar-refractivity contribution in [3.05, 3.63) is 106 Å². The van der Waals surface area contributed by atoms with E-state index in [1.807, 2.05) is 29.2 Å². The average molecular weight is 724 g/mol. The third-order valence-corrected chi connectivity index (χ3v) is 9.77. The number of nitrogens with zero attached hydrogens (tertiary/aromatic N) is 2. The monoisotopic (exact) mass is 723 g/mol. The topological polar surface area (TPSA) is 119 Å². The number of hydrogen-bond donors (Lipinski definition) is 3. The molecule has 1 saturated heterocycles. The Hall–Kier alpha value is -4.75. The Balaban J connectivity index is 1.21. The number of aliphatic hydroxyl groups is 1. The highest BCUT2D eigenvalue weighted by Crippen LogP contribution is 2.37. The van der Waals surface area contributed by atoms with Crippen LogP contribution in [0.5, 0.6) is 5.75 Å². The maximum Gasteiger partial charge on any atom is 0.305 e. The Labute approximate surface area is 298 Å². The van der Waals surface area contributed by atoms with Crippen molar-refractivity contribution in [2.75, 3.05) is 26.2 Å². The van der Waals surface area contributed by atoms with E-state index in [1.165, 1.54) is 12.1 Å². The summed E-state index contributed by atoms with van der Waals surface area (Å²) in [7, 11) is 0. The van der Waals surface area contributed by atoms with Crippen molar-refractivity contribution in [1.29, 1.82) is 0 Å². The Morgan fingerprint density at radius 1 is 0.885 bits per heavy atom. The van der Waals surface area contributed by atoms with Crippen LogP contribution in [0, 0.1) is 23.3 Å². The summed E-state index contributed by atoms with van der Waals surface area (Å²) in [6, 6.07) is 14.8. The molecule has 52 heavy (non-hydrogen) atoms. The van der Waals surface area contributed by atoms with Crippen LogP contribution in [0.3, 0.4) is 0 Å². The molecular weight excluding hydrogens is 682 g/mol. The van der Waals surface area contributed by atoms with Gasteiger partial charge in [-0.3, -0.25) is 14.4 Å². The summed E-state index contributed by atoms with van der Waals surface area (Å²) in [5, 5.41) is 22.7. The lowest BCUT2D eigenvalue weighted by atomic mass is 9.82. The van der Waals surface area contributed by atoms with Crippen molar-refractivity contribution in [3.63, 3.8) is 0 Å².